The summed E-state index contributed by atoms with van der Waals surface area (Å²) in [6.07, 6.45) is 1.31. The molecule has 0 spiro atoms. The summed E-state index contributed by atoms with van der Waals surface area (Å²) in [5, 5.41) is 0. The fourth-order valence-corrected chi connectivity index (χ4v) is 1.52. The van der Waals surface area contributed by atoms with Crippen molar-refractivity contribution in [3.8, 4) is 5.88 Å². The summed E-state index contributed by atoms with van der Waals surface area (Å²) < 4.78 is 5.74. The Labute approximate surface area is 100 Å². The van der Waals surface area contributed by atoms with Gasteiger partial charge in [-0.15, -0.1) is 0 Å². The lowest BCUT2D eigenvalue weighted by Gasteiger charge is -2.05. The molecule has 16 heavy (non-hydrogen) atoms. The van der Waals surface area contributed by atoms with Gasteiger partial charge in [0.2, 0.25) is 5.88 Å². The van der Waals surface area contributed by atoms with Crippen molar-refractivity contribution < 1.29 is 4.74 Å². The Kier molecular flexibility index (Phi) is 3.36. The summed E-state index contributed by atoms with van der Waals surface area (Å²) in [5.74, 6) is 0.299. The Bertz CT molecular complexity index is 525. The Morgan fingerprint density at radius 1 is 1.31 bits per heavy atom. The van der Waals surface area contributed by atoms with Gasteiger partial charge in [0.25, 0.3) is 5.56 Å². The van der Waals surface area contributed by atoms with E-state index in [2.05, 4.69) is 25.9 Å². The molecule has 4 nitrogen and oxygen atoms in total. The minimum atomic E-state index is -0.252. The number of aromatic nitrogens is 2. The standard InChI is InChI=1S/C11H9BrN2O2/c12-9-10(15)13-7-14-11(9)16-6-8-4-2-1-3-5-8/h1-5,7H,6H2,(H,13,14,15). The fraction of sp³-hybridized carbons (Fsp3) is 0.0909. The zero-order valence-electron chi connectivity index (χ0n) is 8.31. The molecule has 2 rings (SSSR count). The van der Waals surface area contributed by atoms with Gasteiger partial charge in [-0.05, 0) is 21.5 Å². The molecule has 82 valence electrons. The van der Waals surface area contributed by atoms with Crippen LogP contribution < -0.4 is 10.3 Å². The first kappa shape index (κ1) is 10.9. The number of hydrogen-bond acceptors (Lipinski definition) is 3. The summed E-state index contributed by atoms with van der Waals surface area (Å²) in [6, 6.07) is 9.69. The zero-order chi connectivity index (χ0) is 11.4. The monoisotopic (exact) mass is 280 g/mol. The van der Waals surface area contributed by atoms with Gasteiger partial charge in [0.05, 0.1) is 6.33 Å². The van der Waals surface area contributed by atoms with E-state index in [1.807, 2.05) is 30.3 Å². The van der Waals surface area contributed by atoms with Gasteiger partial charge in [-0.25, -0.2) is 4.98 Å². The van der Waals surface area contributed by atoms with Crippen LogP contribution in [0.4, 0.5) is 0 Å². The smallest absolute Gasteiger partial charge is 0.268 e. The number of nitrogens with one attached hydrogen (secondary N) is 1. The van der Waals surface area contributed by atoms with Gasteiger partial charge in [0.15, 0.2) is 0 Å². The second-order valence-electron chi connectivity index (χ2n) is 3.13. The number of H-pyrrole nitrogens is 1. The van der Waals surface area contributed by atoms with Crippen LogP contribution in [0.3, 0.4) is 0 Å². The third-order valence-electron chi connectivity index (χ3n) is 1.98. The van der Waals surface area contributed by atoms with E-state index >= 15 is 0 Å². The maximum Gasteiger partial charge on any atom is 0.268 e. The van der Waals surface area contributed by atoms with E-state index in [4.69, 9.17) is 4.74 Å². The van der Waals surface area contributed by atoms with Gasteiger partial charge in [-0.1, -0.05) is 30.3 Å². The average molecular weight is 281 g/mol. The van der Waals surface area contributed by atoms with E-state index in [-0.39, 0.29) is 5.56 Å². The van der Waals surface area contributed by atoms with E-state index < -0.39 is 0 Å². The van der Waals surface area contributed by atoms with Gasteiger partial charge in [-0.3, -0.25) is 4.79 Å². The quantitative estimate of drug-likeness (QED) is 0.937. The summed E-state index contributed by atoms with van der Waals surface area (Å²) >= 11 is 3.12. The first-order valence-corrected chi connectivity index (χ1v) is 5.46. The van der Waals surface area contributed by atoms with Crippen molar-refractivity contribution in [1.29, 1.82) is 0 Å². The van der Waals surface area contributed by atoms with Crippen molar-refractivity contribution in [2.45, 2.75) is 6.61 Å². The molecule has 5 heteroatoms. The van der Waals surface area contributed by atoms with E-state index in [1.165, 1.54) is 6.33 Å². The first-order chi connectivity index (χ1) is 7.77. The van der Waals surface area contributed by atoms with Crippen LogP contribution in [0, 0.1) is 0 Å². The molecular formula is C11H9BrN2O2. The number of hydrogen-bond donors (Lipinski definition) is 1. The highest BCUT2D eigenvalue weighted by molar-refractivity contribution is 9.10. The van der Waals surface area contributed by atoms with Gasteiger partial charge >= 0.3 is 0 Å². The molecule has 0 atom stereocenters. The summed E-state index contributed by atoms with van der Waals surface area (Å²) in [7, 11) is 0. The van der Waals surface area contributed by atoms with Crippen LogP contribution in [0.5, 0.6) is 5.88 Å². The van der Waals surface area contributed by atoms with Gasteiger partial charge < -0.3 is 9.72 Å². The number of halogens is 1. The van der Waals surface area contributed by atoms with Crippen LogP contribution >= 0.6 is 15.9 Å². The Balaban J connectivity index is 2.11. The molecule has 0 amide bonds. The van der Waals surface area contributed by atoms with Crippen molar-refractivity contribution in [1.82, 2.24) is 9.97 Å². The molecule has 1 N–H and O–H groups in total. The van der Waals surface area contributed by atoms with Gasteiger partial charge in [0, 0.05) is 0 Å². The van der Waals surface area contributed by atoms with Crippen LogP contribution in [-0.2, 0) is 6.61 Å². The second-order valence-corrected chi connectivity index (χ2v) is 3.92. The maximum absolute atomic E-state index is 11.2. The third kappa shape index (κ3) is 2.49. The van der Waals surface area contributed by atoms with Crippen molar-refractivity contribution in [2.24, 2.45) is 0 Å². The second kappa shape index (κ2) is 4.94. The molecule has 0 aliphatic heterocycles. The summed E-state index contributed by atoms with van der Waals surface area (Å²) in [6.45, 7) is 0.385. The highest BCUT2D eigenvalue weighted by Crippen LogP contribution is 2.17. The molecule has 0 aliphatic rings. The largest absolute Gasteiger partial charge is 0.472 e. The predicted octanol–water partition coefficient (Wildman–Crippen LogP) is 2.11. The van der Waals surface area contributed by atoms with E-state index in [0.717, 1.165) is 5.56 Å². The van der Waals surface area contributed by atoms with Crippen molar-refractivity contribution in [3.63, 3.8) is 0 Å². The van der Waals surface area contributed by atoms with Crippen LogP contribution in [-0.4, -0.2) is 9.97 Å². The van der Waals surface area contributed by atoms with Crippen LogP contribution in [0.2, 0.25) is 0 Å². The molecule has 1 aromatic heterocycles. The number of aromatic amines is 1. The molecule has 0 unspecified atom stereocenters. The minimum Gasteiger partial charge on any atom is -0.472 e. The van der Waals surface area contributed by atoms with Crippen molar-refractivity contribution >= 4 is 15.9 Å². The Morgan fingerprint density at radius 3 is 2.81 bits per heavy atom. The number of rotatable bonds is 3. The fourth-order valence-electron chi connectivity index (χ4n) is 1.19. The number of benzene rings is 1. The summed E-state index contributed by atoms with van der Waals surface area (Å²) in [4.78, 5) is 17.6. The first-order valence-electron chi connectivity index (χ1n) is 4.67. The molecule has 2 aromatic rings. The molecule has 0 bridgehead atoms. The lowest BCUT2D eigenvalue weighted by molar-refractivity contribution is 0.290. The SMILES string of the molecule is O=c1[nH]cnc(OCc2ccccc2)c1Br. The van der Waals surface area contributed by atoms with Crippen LogP contribution in [0.1, 0.15) is 5.56 Å². The Morgan fingerprint density at radius 2 is 2.06 bits per heavy atom. The summed E-state index contributed by atoms with van der Waals surface area (Å²) in [5.41, 5.74) is 0.773. The molecular weight excluding hydrogens is 272 g/mol. The third-order valence-corrected chi connectivity index (χ3v) is 2.68. The molecule has 0 fully saturated rings. The van der Waals surface area contributed by atoms with E-state index in [9.17, 15) is 4.79 Å². The molecule has 0 radical (unpaired) electrons. The maximum atomic E-state index is 11.2. The lowest BCUT2D eigenvalue weighted by atomic mass is 10.2. The average Bonchev–Trinajstić information content (AvgIpc) is 2.32. The normalized spacial score (nSPS) is 10.1. The topological polar surface area (TPSA) is 55.0 Å². The Hall–Kier alpha value is -1.62. The zero-order valence-corrected chi connectivity index (χ0v) is 9.90. The predicted molar refractivity (Wildman–Crippen MR) is 63.3 cm³/mol. The van der Waals surface area contributed by atoms with Gasteiger partial charge in [0.1, 0.15) is 11.1 Å². The molecule has 1 aromatic carbocycles. The molecule has 0 saturated carbocycles. The number of nitrogens with zero attached hydrogens (tertiary/aromatic N) is 1. The van der Waals surface area contributed by atoms with Crippen LogP contribution in [0.25, 0.3) is 0 Å². The van der Waals surface area contributed by atoms with E-state index in [1.54, 1.807) is 0 Å². The van der Waals surface area contributed by atoms with Crippen LogP contribution in [0.15, 0.2) is 45.9 Å². The van der Waals surface area contributed by atoms with Crippen molar-refractivity contribution in [3.05, 3.63) is 57.0 Å². The molecule has 0 saturated heterocycles. The lowest BCUT2D eigenvalue weighted by Crippen LogP contribution is -2.09. The highest BCUT2D eigenvalue weighted by Gasteiger charge is 2.06. The van der Waals surface area contributed by atoms with Gasteiger partial charge in [-0.2, -0.15) is 0 Å². The highest BCUT2D eigenvalue weighted by atomic mass is 79.9. The molecule has 1 heterocycles. The molecule has 0 aliphatic carbocycles. The number of ether oxygens (including phenoxy) is 1. The van der Waals surface area contributed by atoms with E-state index in [0.29, 0.717) is 17.0 Å². The van der Waals surface area contributed by atoms with Crippen molar-refractivity contribution in [2.75, 3.05) is 0 Å². The minimum absolute atomic E-state index is 0.252.